The van der Waals surface area contributed by atoms with Crippen molar-refractivity contribution in [2.24, 2.45) is 0 Å². The van der Waals surface area contributed by atoms with Crippen LogP contribution in [0.1, 0.15) is 16.2 Å². The van der Waals surface area contributed by atoms with Crippen molar-refractivity contribution >= 4 is 23.0 Å². The minimum absolute atomic E-state index is 0.246. The van der Waals surface area contributed by atoms with Crippen LogP contribution in [0.5, 0.6) is 0 Å². The van der Waals surface area contributed by atoms with Crippen molar-refractivity contribution in [2.75, 3.05) is 29.6 Å². The van der Waals surface area contributed by atoms with Gasteiger partial charge < -0.3 is 15.5 Å². The standard InChI is InChI=1S/C20H21N5O/c1-25(2)18-8-6-15(7-9-18)24-20(26)19-13-16(10-12-22-19)23-14-17-5-3-4-11-21-17/h3-13H,14H2,1-2H3,(H,22,23)(H,24,26). The molecule has 2 N–H and O–H groups in total. The summed E-state index contributed by atoms with van der Waals surface area (Å²) in [5.74, 6) is -0.246. The molecule has 0 aliphatic heterocycles. The summed E-state index contributed by atoms with van der Waals surface area (Å²) in [6.45, 7) is 0.581. The third-order valence-corrected chi connectivity index (χ3v) is 3.83. The lowest BCUT2D eigenvalue weighted by atomic mass is 10.2. The van der Waals surface area contributed by atoms with E-state index in [1.54, 1.807) is 18.5 Å². The van der Waals surface area contributed by atoms with Crippen LogP contribution in [-0.2, 0) is 6.54 Å². The van der Waals surface area contributed by atoms with Crippen molar-refractivity contribution in [1.29, 1.82) is 0 Å². The largest absolute Gasteiger partial charge is 0.379 e. The van der Waals surface area contributed by atoms with Gasteiger partial charge in [0.15, 0.2) is 0 Å². The Morgan fingerprint density at radius 2 is 1.77 bits per heavy atom. The molecule has 0 aliphatic carbocycles. The minimum Gasteiger partial charge on any atom is -0.379 e. The van der Waals surface area contributed by atoms with Crippen molar-refractivity contribution in [3.63, 3.8) is 0 Å². The zero-order chi connectivity index (χ0) is 18.4. The molecule has 0 saturated carbocycles. The smallest absolute Gasteiger partial charge is 0.274 e. The predicted octanol–water partition coefficient (Wildman–Crippen LogP) is 3.41. The number of hydrogen-bond acceptors (Lipinski definition) is 5. The molecule has 6 nitrogen and oxygen atoms in total. The lowest BCUT2D eigenvalue weighted by Crippen LogP contribution is -2.14. The summed E-state index contributed by atoms with van der Waals surface area (Å²) in [6, 6.07) is 17.0. The van der Waals surface area contributed by atoms with E-state index in [0.29, 0.717) is 12.2 Å². The normalized spacial score (nSPS) is 10.2. The summed E-state index contributed by atoms with van der Waals surface area (Å²) in [4.78, 5) is 22.9. The number of hydrogen-bond donors (Lipinski definition) is 2. The lowest BCUT2D eigenvalue weighted by Gasteiger charge is -2.13. The molecule has 2 heterocycles. The van der Waals surface area contributed by atoms with Crippen molar-refractivity contribution in [2.45, 2.75) is 6.54 Å². The molecule has 0 atom stereocenters. The first-order valence-electron chi connectivity index (χ1n) is 8.30. The van der Waals surface area contributed by atoms with Crippen LogP contribution < -0.4 is 15.5 Å². The first-order valence-corrected chi connectivity index (χ1v) is 8.30. The summed E-state index contributed by atoms with van der Waals surface area (Å²) >= 11 is 0. The van der Waals surface area contributed by atoms with E-state index in [1.165, 1.54) is 0 Å². The number of carbonyl (C=O) groups is 1. The third kappa shape index (κ3) is 4.57. The van der Waals surface area contributed by atoms with E-state index in [1.807, 2.05) is 67.5 Å². The molecule has 3 rings (SSSR count). The minimum atomic E-state index is -0.246. The van der Waals surface area contributed by atoms with Crippen molar-refractivity contribution in [3.05, 3.63) is 78.4 Å². The summed E-state index contributed by atoms with van der Waals surface area (Å²) < 4.78 is 0. The van der Waals surface area contributed by atoms with Gasteiger partial charge in [-0.15, -0.1) is 0 Å². The average Bonchev–Trinajstić information content (AvgIpc) is 2.68. The fourth-order valence-electron chi connectivity index (χ4n) is 2.40. The summed E-state index contributed by atoms with van der Waals surface area (Å²) in [5, 5.41) is 6.12. The molecule has 2 aromatic heterocycles. The van der Waals surface area contributed by atoms with Crippen LogP contribution in [0, 0.1) is 0 Å². The van der Waals surface area contributed by atoms with Crippen LogP contribution in [-0.4, -0.2) is 30.0 Å². The van der Waals surface area contributed by atoms with Gasteiger partial charge in [-0.1, -0.05) is 6.07 Å². The highest BCUT2D eigenvalue weighted by atomic mass is 16.1. The second-order valence-electron chi connectivity index (χ2n) is 6.00. The highest BCUT2D eigenvalue weighted by molar-refractivity contribution is 6.03. The van der Waals surface area contributed by atoms with Gasteiger partial charge in [-0.3, -0.25) is 14.8 Å². The highest BCUT2D eigenvalue weighted by Gasteiger charge is 2.09. The van der Waals surface area contributed by atoms with Crippen LogP contribution >= 0.6 is 0 Å². The van der Waals surface area contributed by atoms with Gasteiger partial charge in [-0.25, -0.2) is 0 Å². The fraction of sp³-hybridized carbons (Fsp3) is 0.150. The molecule has 26 heavy (non-hydrogen) atoms. The Hall–Kier alpha value is -3.41. The van der Waals surface area contributed by atoms with E-state index in [-0.39, 0.29) is 5.91 Å². The SMILES string of the molecule is CN(C)c1ccc(NC(=O)c2cc(NCc3ccccn3)ccn2)cc1. The van der Waals surface area contributed by atoms with E-state index in [4.69, 9.17) is 0 Å². The van der Waals surface area contributed by atoms with Gasteiger partial charge in [-0.05, 0) is 48.5 Å². The monoisotopic (exact) mass is 347 g/mol. The van der Waals surface area contributed by atoms with Crippen LogP contribution in [0.15, 0.2) is 67.0 Å². The topological polar surface area (TPSA) is 70.2 Å². The number of nitrogens with one attached hydrogen (secondary N) is 2. The molecule has 0 bridgehead atoms. The van der Waals surface area contributed by atoms with Crippen LogP contribution in [0.4, 0.5) is 17.1 Å². The Balaban J connectivity index is 1.64. The van der Waals surface area contributed by atoms with Crippen LogP contribution in [0.2, 0.25) is 0 Å². The van der Waals surface area contributed by atoms with Gasteiger partial charge in [0.1, 0.15) is 5.69 Å². The predicted molar refractivity (Wildman–Crippen MR) is 105 cm³/mol. The van der Waals surface area contributed by atoms with Crippen LogP contribution in [0.25, 0.3) is 0 Å². The number of carbonyl (C=O) groups excluding carboxylic acids is 1. The van der Waals surface area contributed by atoms with Crippen molar-refractivity contribution < 1.29 is 4.79 Å². The van der Waals surface area contributed by atoms with Gasteiger partial charge in [0.2, 0.25) is 0 Å². The molecule has 0 radical (unpaired) electrons. The van der Waals surface area contributed by atoms with E-state index >= 15 is 0 Å². The molecule has 0 unspecified atom stereocenters. The molecular formula is C20H21N5O. The lowest BCUT2D eigenvalue weighted by molar-refractivity contribution is 0.102. The van der Waals surface area contributed by atoms with Gasteiger partial charge in [-0.2, -0.15) is 0 Å². The molecule has 132 valence electrons. The van der Waals surface area contributed by atoms with Gasteiger partial charge in [0.05, 0.1) is 12.2 Å². The Morgan fingerprint density at radius 1 is 0.962 bits per heavy atom. The summed E-state index contributed by atoms with van der Waals surface area (Å²) in [5.41, 5.74) is 3.90. The Morgan fingerprint density at radius 3 is 2.46 bits per heavy atom. The Bertz CT molecular complexity index is 863. The maximum atomic E-state index is 12.4. The maximum Gasteiger partial charge on any atom is 0.274 e. The van der Waals surface area contributed by atoms with Crippen LogP contribution in [0.3, 0.4) is 0 Å². The average molecular weight is 347 g/mol. The molecule has 6 heteroatoms. The second kappa shape index (κ2) is 8.11. The first-order chi connectivity index (χ1) is 12.6. The molecular weight excluding hydrogens is 326 g/mol. The number of anilines is 3. The Labute approximate surface area is 152 Å². The van der Waals surface area contributed by atoms with E-state index in [0.717, 1.165) is 22.8 Å². The van der Waals surface area contributed by atoms with E-state index < -0.39 is 0 Å². The number of pyridine rings is 2. The number of benzene rings is 1. The van der Waals surface area contributed by atoms with Gasteiger partial charge in [0.25, 0.3) is 5.91 Å². The van der Waals surface area contributed by atoms with Crippen molar-refractivity contribution in [1.82, 2.24) is 9.97 Å². The molecule has 0 aliphatic rings. The van der Waals surface area contributed by atoms with Gasteiger partial charge >= 0.3 is 0 Å². The van der Waals surface area contributed by atoms with Gasteiger partial charge in [0, 0.05) is 43.6 Å². The number of aromatic nitrogens is 2. The molecule has 3 aromatic rings. The van der Waals surface area contributed by atoms with E-state index in [9.17, 15) is 4.79 Å². The second-order valence-corrected chi connectivity index (χ2v) is 6.00. The molecule has 1 amide bonds. The summed E-state index contributed by atoms with van der Waals surface area (Å²) in [7, 11) is 3.95. The first kappa shape index (κ1) is 17.4. The molecule has 1 aromatic carbocycles. The van der Waals surface area contributed by atoms with E-state index in [2.05, 4.69) is 20.6 Å². The molecule has 0 fully saturated rings. The number of rotatable bonds is 6. The number of amides is 1. The van der Waals surface area contributed by atoms with Crippen molar-refractivity contribution in [3.8, 4) is 0 Å². The highest BCUT2D eigenvalue weighted by Crippen LogP contribution is 2.17. The zero-order valence-corrected chi connectivity index (χ0v) is 14.8. The Kier molecular flexibility index (Phi) is 5.43. The fourth-order valence-corrected chi connectivity index (χ4v) is 2.40. The molecule has 0 saturated heterocycles. The third-order valence-electron chi connectivity index (χ3n) is 3.83. The number of nitrogens with zero attached hydrogens (tertiary/aromatic N) is 3. The summed E-state index contributed by atoms with van der Waals surface area (Å²) in [6.07, 6.45) is 3.37. The maximum absolute atomic E-state index is 12.4. The quantitative estimate of drug-likeness (QED) is 0.715. The molecule has 0 spiro atoms. The zero-order valence-electron chi connectivity index (χ0n) is 14.8.